The summed E-state index contributed by atoms with van der Waals surface area (Å²) in [6.45, 7) is 3.21. The Morgan fingerprint density at radius 2 is 1.90 bits per heavy atom. The summed E-state index contributed by atoms with van der Waals surface area (Å²) in [5.74, 6) is -2.33. The molecule has 7 nitrogen and oxygen atoms in total. The summed E-state index contributed by atoms with van der Waals surface area (Å²) >= 11 is 0. The molecular weight excluding hydrogens is 278 g/mol. The maximum atomic E-state index is 12.0. The van der Waals surface area contributed by atoms with Crippen LogP contribution in [0.2, 0.25) is 0 Å². The van der Waals surface area contributed by atoms with Gasteiger partial charge in [-0.25, -0.2) is 9.59 Å². The third-order valence-electron chi connectivity index (χ3n) is 2.56. The van der Waals surface area contributed by atoms with Crippen LogP contribution in [-0.2, 0) is 29.4 Å². The third-order valence-corrected chi connectivity index (χ3v) is 2.56. The lowest BCUT2D eigenvalue weighted by Crippen LogP contribution is -2.52. The molecule has 0 aliphatic heterocycles. The summed E-state index contributed by atoms with van der Waals surface area (Å²) in [5.41, 5.74) is 2.91. The number of primary amides is 1. The smallest absolute Gasteiger partial charge is 0.465 e. The first-order chi connectivity index (χ1) is 9.98. The van der Waals surface area contributed by atoms with Crippen LogP contribution in [0.5, 0.6) is 0 Å². The van der Waals surface area contributed by atoms with Gasteiger partial charge in [0, 0.05) is 5.56 Å². The van der Waals surface area contributed by atoms with Crippen LogP contribution < -0.4 is 5.73 Å². The molecule has 2 N–H and O–H groups in total. The predicted octanol–water partition coefficient (Wildman–Crippen LogP) is 0.879. The molecular formula is C14H15NO6. The topological polar surface area (TPSA) is 105 Å². The van der Waals surface area contributed by atoms with Crippen LogP contribution in [-0.4, -0.2) is 31.7 Å². The first-order valence-electron chi connectivity index (χ1n) is 5.89. The second-order valence-corrected chi connectivity index (χ2v) is 3.85. The molecule has 0 bridgehead atoms. The van der Waals surface area contributed by atoms with Crippen LogP contribution >= 0.6 is 0 Å². The van der Waals surface area contributed by atoms with Gasteiger partial charge in [-0.2, -0.15) is 0 Å². The van der Waals surface area contributed by atoms with Crippen molar-refractivity contribution in [1.29, 1.82) is 0 Å². The van der Waals surface area contributed by atoms with Crippen LogP contribution in [0.15, 0.2) is 43.0 Å². The number of hydrogen-bond donors (Lipinski definition) is 1. The zero-order valence-corrected chi connectivity index (χ0v) is 11.4. The summed E-state index contributed by atoms with van der Waals surface area (Å²) in [6.07, 6.45) is 0.0522. The fourth-order valence-electron chi connectivity index (χ4n) is 1.61. The van der Waals surface area contributed by atoms with Crippen LogP contribution in [0.4, 0.5) is 4.79 Å². The molecule has 1 atom stereocenters. The van der Waals surface area contributed by atoms with Crippen molar-refractivity contribution in [2.24, 2.45) is 5.73 Å². The first-order valence-corrected chi connectivity index (χ1v) is 5.89. The minimum absolute atomic E-state index is 0.0555. The summed E-state index contributed by atoms with van der Waals surface area (Å²) < 4.78 is 14.0. The highest BCUT2D eigenvalue weighted by molar-refractivity contribution is 6.07. The van der Waals surface area contributed by atoms with Gasteiger partial charge in [0.1, 0.15) is 6.61 Å². The Labute approximate surface area is 121 Å². The molecule has 1 aromatic carbocycles. The van der Waals surface area contributed by atoms with Gasteiger partial charge in [-0.3, -0.25) is 4.79 Å². The Bertz CT molecular complexity index is 542. The van der Waals surface area contributed by atoms with Gasteiger partial charge in [-0.05, 0) is 0 Å². The van der Waals surface area contributed by atoms with Crippen molar-refractivity contribution in [1.82, 2.24) is 0 Å². The van der Waals surface area contributed by atoms with Gasteiger partial charge in [-0.1, -0.05) is 43.0 Å². The molecule has 7 heteroatoms. The van der Waals surface area contributed by atoms with Crippen molar-refractivity contribution in [2.45, 2.75) is 5.60 Å². The number of ether oxygens (including phenoxy) is 3. The van der Waals surface area contributed by atoms with E-state index in [4.69, 9.17) is 10.5 Å². The molecule has 0 radical (unpaired) electrons. The summed E-state index contributed by atoms with van der Waals surface area (Å²) in [5, 5.41) is 0. The summed E-state index contributed by atoms with van der Waals surface area (Å²) in [4.78, 5) is 35.4. The number of amides is 1. The lowest BCUT2D eigenvalue weighted by atomic mass is 9.93. The number of benzene rings is 1. The zero-order valence-electron chi connectivity index (χ0n) is 11.4. The van der Waals surface area contributed by atoms with Gasteiger partial charge in [0.15, 0.2) is 0 Å². The van der Waals surface area contributed by atoms with E-state index >= 15 is 0 Å². The molecule has 1 aromatic rings. The molecule has 0 heterocycles. The highest BCUT2D eigenvalue weighted by atomic mass is 16.7. The average molecular weight is 293 g/mol. The average Bonchev–Trinajstić information content (AvgIpc) is 2.50. The van der Waals surface area contributed by atoms with Crippen molar-refractivity contribution in [3.05, 3.63) is 48.6 Å². The van der Waals surface area contributed by atoms with Crippen molar-refractivity contribution in [2.75, 3.05) is 13.7 Å². The van der Waals surface area contributed by atoms with Gasteiger partial charge >= 0.3 is 17.7 Å². The number of hydrogen-bond acceptors (Lipinski definition) is 6. The maximum absolute atomic E-state index is 12.0. The predicted molar refractivity (Wildman–Crippen MR) is 72.0 cm³/mol. The molecule has 0 saturated carbocycles. The molecule has 0 aromatic heterocycles. The highest BCUT2D eigenvalue weighted by Crippen LogP contribution is 2.28. The van der Waals surface area contributed by atoms with Crippen molar-refractivity contribution in [3.63, 3.8) is 0 Å². The Hall–Kier alpha value is -2.83. The van der Waals surface area contributed by atoms with Crippen molar-refractivity contribution < 1.29 is 28.6 Å². The van der Waals surface area contributed by atoms with Crippen LogP contribution in [0.1, 0.15) is 5.56 Å². The Balaban J connectivity index is 3.26. The number of carbonyl (C=O) groups is 3. The fourth-order valence-corrected chi connectivity index (χ4v) is 1.61. The number of carbonyl (C=O) groups excluding carboxylic acids is 3. The van der Waals surface area contributed by atoms with Gasteiger partial charge in [0.05, 0.1) is 7.11 Å². The van der Waals surface area contributed by atoms with E-state index in [0.29, 0.717) is 0 Å². The molecule has 1 rings (SSSR count). The number of rotatable bonds is 6. The van der Waals surface area contributed by atoms with Gasteiger partial charge in [0.2, 0.25) is 0 Å². The van der Waals surface area contributed by atoms with Gasteiger partial charge in [-0.15, -0.1) is 0 Å². The molecule has 0 saturated heterocycles. The first kappa shape index (κ1) is 16.2. The quantitative estimate of drug-likeness (QED) is 0.474. The Morgan fingerprint density at radius 3 is 2.38 bits per heavy atom. The largest absolute Gasteiger partial charge is 0.510 e. The molecule has 0 aliphatic rings. The number of esters is 1. The van der Waals surface area contributed by atoms with E-state index in [1.54, 1.807) is 18.2 Å². The standard InChI is InChI=1S/C14H15NO6/c1-3-9-20-13(18)21-14(11(15)16,12(17)19-2)10-7-5-4-6-8-10/h3-8H,1,9H2,2H3,(H2,15,16)/t14-/m0/s1. The molecule has 1 amide bonds. The van der Waals surface area contributed by atoms with Crippen LogP contribution in [0.3, 0.4) is 0 Å². The van der Waals surface area contributed by atoms with E-state index in [1.165, 1.54) is 18.2 Å². The minimum Gasteiger partial charge on any atom is -0.465 e. The molecule has 0 unspecified atom stereocenters. The minimum atomic E-state index is -2.41. The van der Waals surface area contributed by atoms with E-state index < -0.39 is 23.6 Å². The third kappa shape index (κ3) is 3.38. The molecule has 112 valence electrons. The molecule has 21 heavy (non-hydrogen) atoms. The van der Waals surface area contributed by atoms with E-state index in [1.807, 2.05) is 0 Å². The Morgan fingerprint density at radius 1 is 1.29 bits per heavy atom. The molecule has 0 aliphatic carbocycles. The van der Waals surface area contributed by atoms with E-state index in [2.05, 4.69) is 16.1 Å². The number of methoxy groups -OCH3 is 1. The van der Waals surface area contributed by atoms with Crippen LogP contribution in [0, 0.1) is 0 Å². The molecule has 0 spiro atoms. The van der Waals surface area contributed by atoms with Gasteiger partial charge < -0.3 is 19.9 Å². The highest BCUT2D eigenvalue weighted by Gasteiger charge is 2.52. The maximum Gasteiger partial charge on any atom is 0.510 e. The monoisotopic (exact) mass is 293 g/mol. The zero-order chi connectivity index (χ0) is 15.9. The summed E-state index contributed by atoms with van der Waals surface area (Å²) in [7, 11) is 1.04. The van der Waals surface area contributed by atoms with Crippen molar-refractivity contribution >= 4 is 18.0 Å². The molecule has 0 fully saturated rings. The fraction of sp³-hybridized carbons (Fsp3) is 0.214. The lowest BCUT2D eigenvalue weighted by molar-refractivity contribution is -0.172. The van der Waals surface area contributed by atoms with E-state index in [0.717, 1.165) is 7.11 Å². The van der Waals surface area contributed by atoms with E-state index in [-0.39, 0.29) is 12.2 Å². The van der Waals surface area contributed by atoms with Gasteiger partial charge in [0.25, 0.3) is 5.91 Å². The normalized spacial score (nSPS) is 12.6. The summed E-state index contributed by atoms with van der Waals surface area (Å²) in [6, 6.07) is 7.57. The number of nitrogens with two attached hydrogens (primary N) is 1. The second-order valence-electron chi connectivity index (χ2n) is 3.85. The van der Waals surface area contributed by atoms with Crippen molar-refractivity contribution in [3.8, 4) is 0 Å². The second kappa shape index (κ2) is 7.09. The Kier molecular flexibility index (Phi) is 5.48. The lowest BCUT2D eigenvalue weighted by Gasteiger charge is -2.27. The van der Waals surface area contributed by atoms with E-state index in [9.17, 15) is 14.4 Å². The van der Waals surface area contributed by atoms with Crippen LogP contribution in [0.25, 0.3) is 0 Å². The SMILES string of the molecule is C=CCOC(=O)O[C@@](C(N)=O)(C(=O)OC)c1ccccc1.